The van der Waals surface area contributed by atoms with Crippen molar-refractivity contribution in [1.82, 2.24) is 14.8 Å². The lowest BCUT2D eigenvalue weighted by Crippen LogP contribution is -2.15. The molecule has 0 atom stereocenters. The van der Waals surface area contributed by atoms with Crippen molar-refractivity contribution in [2.45, 2.75) is 18.6 Å². The number of carbonyl (C=O) groups is 1. The number of benzene rings is 3. The minimum Gasteiger partial charge on any atom is -0.497 e. The maximum absolute atomic E-state index is 12.7. The molecular weight excluding hydrogens is 424 g/mol. The monoisotopic (exact) mass is 448 g/mol. The highest BCUT2D eigenvalue weighted by Gasteiger charge is 2.16. The molecule has 0 aliphatic rings. The van der Waals surface area contributed by atoms with Crippen LogP contribution in [0.2, 0.25) is 0 Å². The van der Waals surface area contributed by atoms with Crippen molar-refractivity contribution in [3.63, 3.8) is 0 Å². The van der Waals surface area contributed by atoms with Crippen LogP contribution in [0.5, 0.6) is 11.5 Å². The van der Waals surface area contributed by atoms with Crippen LogP contribution in [-0.2, 0) is 11.3 Å². The van der Waals surface area contributed by atoms with Gasteiger partial charge in [-0.25, -0.2) is 0 Å². The molecule has 0 radical (unpaired) electrons. The number of hydrogen-bond acceptors (Lipinski definition) is 6. The van der Waals surface area contributed by atoms with Gasteiger partial charge in [-0.15, -0.1) is 10.2 Å². The number of anilines is 1. The second kappa shape index (κ2) is 9.74. The Kier molecular flexibility index (Phi) is 6.61. The van der Waals surface area contributed by atoms with Crippen molar-refractivity contribution in [1.29, 1.82) is 0 Å². The molecule has 7 nitrogen and oxygen atoms in total. The molecule has 4 rings (SSSR count). The normalized spacial score (nSPS) is 10.8. The Morgan fingerprint density at radius 1 is 1.00 bits per heavy atom. The zero-order valence-corrected chi connectivity index (χ0v) is 19.0. The molecule has 3 aromatic carbocycles. The topological polar surface area (TPSA) is 78.3 Å². The van der Waals surface area contributed by atoms with Crippen LogP contribution >= 0.6 is 11.8 Å². The van der Waals surface area contributed by atoms with E-state index < -0.39 is 0 Å². The van der Waals surface area contributed by atoms with Crippen molar-refractivity contribution >= 4 is 34.1 Å². The zero-order chi connectivity index (χ0) is 22.5. The third kappa shape index (κ3) is 4.55. The number of nitrogens with zero attached hydrogens (tertiary/aromatic N) is 3. The molecule has 0 spiro atoms. The minimum atomic E-state index is -0.0957. The fraction of sp³-hybridized carbons (Fsp3) is 0.208. The summed E-state index contributed by atoms with van der Waals surface area (Å²) in [5.41, 5.74) is 1.64. The molecule has 0 aliphatic carbocycles. The number of fused-ring (bicyclic) bond motifs is 1. The molecule has 1 N–H and O–H groups in total. The number of carbonyl (C=O) groups excluding carboxylic acids is 1. The van der Waals surface area contributed by atoms with Gasteiger partial charge < -0.3 is 19.4 Å². The van der Waals surface area contributed by atoms with Crippen LogP contribution in [0.1, 0.15) is 6.92 Å². The van der Waals surface area contributed by atoms with Crippen LogP contribution in [0.25, 0.3) is 22.2 Å². The fourth-order valence-corrected chi connectivity index (χ4v) is 4.28. The first-order valence-electron chi connectivity index (χ1n) is 10.2. The van der Waals surface area contributed by atoms with Gasteiger partial charge in [0.05, 0.1) is 20.0 Å². The zero-order valence-electron chi connectivity index (χ0n) is 18.2. The Bertz CT molecular complexity index is 1230. The van der Waals surface area contributed by atoms with Crippen molar-refractivity contribution in [2.24, 2.45) is 0 Å². The van der Waals surface area contributed by atoms with Crippen molar-refractivity contribution in [3.05, 3.63) is 60.7 Å². The van der Waals surface area contributed by atoms with Crippen LogP contribution in [0.15, 0.2) is 65.8 Å². The molecule has 0 bridgehead atoms. The Hall–Kier alpha value is -3.52. The molecule has 0 saturated carbocycles. The molecular formula is C24H24N4O3S. The van der Waals surface area contributed by atoms with E-state index in [1.54, 1.807) is 14.2 Å². The second-order valence-electron chi connectivity index (χ2n) is 7.02. The van der Waals surface area contributed by atoms with Crippen LogP contribution < -0.4 is 14.8 Å². The van der Waals surface area contributed by atoms with Gasteiger partial charge in [0.15, 0.2) is 11.0 Å². The van der Waals surface area contributed by atoms with E-state index in [1.807, 2.05) is 72.2 Å². The van der Waals surface area contributed by atoms with E-state index in [0.717, 1.165) is 22.0 Å². The molecule has 0 unspecified atom stereocenters. The Labute approximate surface area is 190 Å². The highest BCUT2D eigenvalue weighted by atomic mass is 32.2. The smallest absolute Gasteiger partial charge is 0.234 e. The summed E-state index contributed by atoms with van der Waals surface area (Å²) < 4.78 is 12.7. The van der Waals surface area contributed by atoms with E-state index in [-0.39, 0.29) is 11.7 Å². The molecule has 32 heavy (non-hydrogen) atoms. The second-order valence-corrected chi connectivity index (χ2v) is 7.96. The Morgan fingerprint density at radius 2 is 1.72 bits per heavy atom. The highest BCUT2D eigenvalue weighted by molar-refractivity contribution is 7.99. The summed E-state index contributed by atoms with van der Waals surface area (Å²) in [6.07, 6.45) is 0. The van der Waals surface area contributed by atoms with Gasteiger partial charge in [0.2, 0.25) is 5.91 Å². The first kappa shape index (κ1) is 21.7. The van der Waals surface area contributed by atoms with Gasteiger partial charge in [0.25, 0.3) is 0 Å². The Balaban J connectivity index is 1.51. The summed E-state index contributed by atoms with van der Waals surface area (Å²) in [4.78, 5) is 12.7. The van der Waals surface area contributed by atoms with E-state index >= 15 is 0 Å². The van der Waals surface area contributed by atoms with Crippen LogP contribution in [-0.4, -0.2) is 40.6 Å². The third-order valence-corrected chi connectivity index (χ3v) is 6.01. The molecule has 4 aromatic rings. The molecule has 1 amide bonds. The molecule has 164 valence electrons. The van der Waals surface area contributed by atoms with Crippen molar-refractivity contribution in [3.8, 4) is 22.9 Å². The highest BCUT2D eigenvalue weighted by Crippen LogP contribution is 2.31. The summed E-state index contributed by atoms with van der Waals surface area (Å²) in [7, 11) is 3.22. The number of rotatable bonds is 8. The maximum atomic E-state index is 12.7. The molecule has 0 saturated heterocycles. The van der Waals surface area contributed by atoms with E-state index in [2.05, 4.69) is 15.5 Å². The van der Waals surface area contributed by atoms with E-state index in [1.165, 1.54) is 11.8 Å². The lowest BCUT2D eigenvalue weighted by molar-refractivity contribution is -0.113. The van der Waals surface area contributed by atoms with Gasteiger partial charge in [-0.1, -0.05) is 48.2 Å². The summed E-state index contributed by atoms with van der Waals surface area (Å²) in [6.45, 7) is 2.68. The van der Waals surface area contributed by atoms with E-state index in [0.29, 0.717) is 29.0 Å². The molecule has 0 fully saturated rings. The number of nitrogens with one attached hydrogen (secondary N) is 1. The molecule has 8 heteroatoms. The summed E-state index contributed by atoms with van der Waals surface area (Å²) in [5, 5.41) is 14.5. The average Bonchev–Trinajstić information content (AvgIpc) is 3.25. The van der Waals surface area contributed by atoms with Gasteiger partial charge in [-0.3, -0.25) is 4.79 Å². The number of methoxy groups -OCH3 is 2. The quantitative estimate of drug-likeness (QED) is 0.388. The largest absolute Gasteiger partial charge is 0.497 e. The van der Waals surface area contributed by atoms with Crippen LogP contribution in [0.4, 0.5) is 5.69 Å². The average molecular weight is 449 g/mol. The first-order chi connectivity index (χ1) is 15.6. The summed E-state index contributed by atoms with van der Waals surface area (Å²) >= 11 is 1.35. The molecule has 1 heterocycles. The number of thioether (sulfide) groups is 1. The lowest BCUT2D eigenvalue weighted by Gasteiger charge is -2.11. The minimum absolute atomic E-state index is 0.0957. The summed E-state index contributed by atoms with van der Waals surface area (Å²) in [6, 6.07) is 19.4. The maximum Gasteiger partial charge on any atom is 0.234 e. The van der Waals surface area contributed by atoms with Crippen molar-refractivity contribution < 1.29 is 14.3 Å². The van der Waals surface area contributed by atoms with Gasteiger partial charge >= 0.3 is 0 Å². The van der Waals surface area contributed by atoms with Crippen LogP contribution in [0, 0.1) is 0 Å². The van der Waals surface area contributed by atoms with Gasteiger partial charge in [-0.05, 0) is 30.5 Å². The lowest BCUT2D eigenvalue weighted by atomic mass is 10.1. The standard InChI is InChI=1S/C24H24N4O3S/c1-4-28-23(17-12-18(30-2)14-19(13-17)31-3)26-27-24(28)32-15-22(29)25-21-11-7-9-16-8-5-6-10-20(16)21/h5-14H,4,15H2,1-3H3,(H,25,29). The third-order valence-electron chi connectivity index (χ3n) is 5.04. The van der Waals surface area contributed by atoms with Crippen molar-refractivity contribution in [2.75, 3.05) is 25.3 Å². The van der Waals surface area contributed by atoms with E-state index in [4.69, 9.17) is 9.47 Å². The molecule has 1 aromatic heterocycles. The van der Waals surface area contributed by atoms with E-state index in [9.17, 15) is 4.79 Å². The summed E-state index contributed by atoms with van der Waals surface area (Å²) in [5.74, 6) is 2.17. The number of amides is 1. The number of aromatic nitrogens is 3. The van der Waals surface area contributed by atoms with Gasteiger partial charge in [0, 0.05) is 29.2 Å². The fourth-order valence-electron chi connectivity index (χ4n) is 3.48. The predicted octanol–water partition coefficient (Wildman–Crippen LogP) is 4.87. The predicted molar refractivity (Wildman–Crippen MR) is 128 cm³/mol. The number of hydrogen-bond donors (Lipinski definition) is 1. The van der Waals surface area contributed by atoms with Crippen LogP contribution in [0.3, 0.4) is 0 Å². The molecule has 0 aliphatic heterocycles. The first-order valence-corrected chi connectivity index (χ1v) is 11.2. The van der Waals surface area contributed by atoms with Gasteiger partial charge in [0.1, 0.15) is 11.5 Å². The number of ether oxygens (including phenoxy) is 2. The Morgan fingerprint density at radius 3 is 2.44 bits per heavy atom. The SMILES string of the molecule is CCn1c(SCC(=O)Nc2cccc3ccccc23)nnc1-c1cc(OC)cc(OC)c1. The van der Waals surface area contributed by atoms with Gasteiger partial charge in [-0.2, -0.15) is 0 Å².